The molecule has 0 aromatic heterocycles. The van der Waals surface area contributed by atoms with Crippen molar-refractivity contribution in [2.75, 3.05) is 7.11 Å². The van der Waals surface area contributed by atoms with Gasteiger partial charge in [-0.2, -0.15) is 0 Å². The molecular weight excluding hydrogens is 218 g/mol. The molecule has 2 atom stereocenters. The number of nitrogens with two attached hydrogens (primary N) is 1. The quantitative estimate of drug-likeness (QED) is 0.766. The molecule has 4 nitrogen and oxygen atoms in total. The number of carbonyl (C=O) groups excluding carboxylic acids is 1. The van der Waals surface area contributed by atoms with Gasteiger partial charge < -0.3 is 15.6 Å². The lowest BCUT2D eigenvalue weighted by molar-refractivity contribution is -0.142. The third-order valence-corrected chi connectivity index (χ3v) is 2.90. The Labute approximate surface area is 101 Å². The minimum Gasteiger partial charge on any atom is -0.508 e. The van der Waals surface area contributed by atoms with E-state index in [-0.39, 0.29) is 17.6 Å². The molecule has 0 aliphatic rings. The van der Waals surface area contributed by atoms with Gasteiger partial charge >= 0.3 is 5.97 Å². The molecule has 0 aliphatic carbocycles. The largest absolute Gasteiger partial charge is 0.508 e. The molecule has 3 N–H and O–H groups in total. The molecule has 17 heavy (non-hydrogen) atoms. The first-order chi connectivity index (χ1) is 8.08. The average Bonchev–Trinajstić information content (AvgIpc) is 2.35. The van der Waals surface area contributed by atoms with Crippen LogP contribution in [0.3, 0.4) is 0 Å². The maximum atomic E-state index is 11.3. The van der Waals surface area contributed by atoms with E-state index in [2.05, 4.69) is 4.74 Å². The summed E-state index contributed by atoms with van der Waals surface area (Å²) in [6.07, 6.45) is 1.43. The summed E-state index contributed by atoms with van der Waals surface area (Å²) in [6, 6.07) is 6.39. The van der Waals surface area contributed by atoms with Crippen LogP contribution >= 0.6 is 0 Å². The maximum Gasteiger partial charge on any atom is 0.322 e. The molecule has 4 heteroatoms. The number of phenols is 1. The van der Waals surface area contributed by atoms with Crippen molar-refractivity contribution in [2.45, 2.75) is 31.7 Å². The Bertz CT molecular complexity index is 361. The molecule has 0 bridgehead atoms. The van der Waals surface area contributed by atoms with Crippen molar-refractivity contribution in [2.24, 2.45) is 5.73 Å². The Morgan fingerprint density at radius 3 is 2.47 bits per heavy atom. The fraction of sp³-hybridized carbons (Fsp3) is 0.462. The van der Waals surface area contributed by atoms with Crippen molar-refractivity contribution >= 4 is 5.97 Å². The summed E-state index contributed by atoms with van der Waals surface area (Å²) in [5.41, 5.74) is 6.82. The first-order valence-corrected chi connectivity index (χ1v) is 5.70. The number of methoxy groups -OCH3 is 1. The normalized spacial score (nSPS) is 14.1. The lowest BCUT2D eigenvalue weighted by Gasteiger charge is -2.18. The SMILES string of the molecule is CCC(CC(N)C(=O)OC)c1ccc(O)cc1. The fourth-order valence-corrected chi connectivity index (χ4v) is 1.84. The van der Waals surface area contributed by atoms with Crippen LogP contribution in [0.25, 0.3) is 0 Å². The van der Waals surface area contributed by atoms with E-state index < -0.39 is 6.04 Å². The smallest absolute Gasteiger partial charge is 0.322 e. The van der Waals surface area contributed by atoms with Crippen molar-refractivity contribution in [3.8, 4) is 5.75 Å². The van der Waals surface area contributed by atoms with E-state index in [1.165, 1.54) is 7.11 Å². The molecule has 0 saturated heterocycles. The van der Waals surface area contributed by atoms with Crippen LogP contribution in [0.15, 0.2) is 24.3 Å². The Morgan fingerprint density at radius 1 is 1.41 bits per heavy atom. The second-order valence-corrected chi connectivity index (χ2v) is 4.06. The summed E-state index contributed by atoms with van der Waals surface area (Å²) in [6.45, 7) is 2.04. The fourth-order valence-electron chi connectivity index (χ4n) is 1.84. The van der Waals surface area contributed by atoms with Crippen LogP contribution < -0.4 is 5.73 Å². The molecule has 0 radical (unpaired) electrons. The highest BCUT2D eigenvalue weighted by molar-refractivity contribution is 5.75. The summed E-state index contributed by atoms with van der Waals surface area (Å²) < 4.78 is 4.61. The third kappa shape index (κ3) is 3.75. The van der Waals surface area contributed by atoms with E-state index in [4.69, 9.17) is 5.73 Å². The van der Waals surface area contributed by atoms with Gasteiger partial charge in [0.25, 0.3) is 0 Å². The zero-order chi connectivity index (χ0) is 12.8. The number of aromatic hydroxyl groups is 1. The molecule has 0 fully saturated rings. The molecule has 1 aromatic rings. The summed E-state index contributed by atoms with van der Waals surface area (Å²) in [5, 5.41) is 9.22. The molecule has 0 amide bonds. The second-order valence-electron chi connectivity index (χ2n) is 4.06. The highest BCUT2D eigenvalue weighted by Crippen LogP contribution is 2.26. The molecule has 94 valence electrons. The van der Waals surface area contributed by atoms with Gasteiger partial charge in [0.1, 0.15) is 11.8 Å². The van der Waals surface area contributed by atoms with Crippen molar-refractivity contribution in [3.63, 3.8) is 0 Å². The molecular formula is C13H19NO3. The molecule has 0 spiro atoms. The summed E-state index contributed by atoms with van der Waals surface area (Å²) in [4.78, 5) is 11.3. The van der Waals surface area contributed by atoms with Gasteiger partial charge in [-0.3, -0.25) is 4.79 Å². The lowest BCUT2D eigenvalue weighted by atomic mass is 9.90. The Kier molecular flexibility index (Phi) is 4.97. The van der Waals surface area contributed by atoms with Gasteiger partial charge in [0.15, 0.2) is 0 Å². The van der Waals surface area contributed by atoms with Crippen LogP contribution in [0.4, 0.5) is 0 Å². The summed E-state index contributed by atoms with van der Waals surface area (Å²) in [5.74, 6) is 0.0489. The number of phenolic OH excluding ortho intramolecular Hbond substituents is 1. The molecule has 0 heterocycles. The number of rotatable bonds is 5. The number of hydrogen-bond donors (Lipinski definition) is 2. The van der Waals surface area contributed by atoms with Crippen LogP contribution in [0.2, 0.25) is 0 Å². The number of benzene rings is 1. The van der Waals surface area contributed by atoms with Gasteiger partial charge in [-0.1, -0.05) is 19.1 Å². The molecule has 1 aromatic carbocycles. The topological polar surface area (TPSA) is 72.6 Å². The van der Waals surface area contributed by atoms with Crippen LogP contribution in [0.1, 0.15) is 31.2 Å². The monoisotopic (exact) mass is 237 g/mol. The average molecular weight is 237 g/mol. The second kappa shape index (κ2) is 6.25. The van der Waals surface area contributed by atoms with E-state index in [0.29, 0.717) is 6.42 Å². The van der Waals surface area contributed by atoms with E-state index in [1.54, 1.807) is 12.1 Å². The van der Waals surface area contributed by atoms with Crippen molar-refractivity contribution in [3.05, 3.63) is 29.8 Å². The molecule has 1 rings (SSSR count). The van der Waals surface area contributed by atoms with Crippen LogP contribution in [0, 0.1) is 0 Å². The number of esters is 1. The highest BCUT2D eigenvalue weighted by atomic mass is 16.5. The molecule has 0 saturated carbocycles. The highest BCUT2D eigenvalue weighted by Gasteiger charge is 2.20. The van der Waals surface area contributed by atoms with Crippen molar-refractivity contribution in [1.29, 1.82) is 0 Å². The van der Waals surface area contributed by atoms with Crippen molar-refractivity contribution in [1.82, 2.24) is 0 Å². The zero-order valence-corrected chi connectivity index (χ0v) is 10.2. The Hall–Kier alpha value is -1.55. The minimum absolute atomic E-state index is 0.199. The van der Waals surface area contributed by atoms with Gasteiger partial charge in [0, 0.05) is 0 Å². The van der Waals surface area contributed by atoms with E-state index >= 15 is 0 Å². The van der Waals surface area contributed by atoms with E-state index in [1.807, 2.05) is 19.1 Å². The zero-order valence-electron chi connectivity index (χ0n) is 10.2. The Morgan fingerprint density at radius 2 is 2.00 bits per heavy atom. The van der Waals surface area contributed by atoms with Gasteiger partial charge in [0.2, 0.25) is 0 Å². The number of ether oxygens (including phenoxy) is 1. The predicted molar refractivity (Wildman–Crippen MR) is 65.7 cm³/mol. The lowest BCUT2D eigenvalue weighted by Crippen LogP contribution is -2.33. The van der Waals surface area contributed by atoms with Gasteiger partial charge in [-0.05, 0) is 36.5 Å². The van der Waals surface area contributed by atoms with E-state index in [9.17, 15) is 9.90 Å². The maximum absolute atomic E-state index is 11.3. The summed E-state index contributed by atoms with van der Waals surface area (Å²) >= 11 is 0. The first kappa shape index (κ1) is 13.5. The molecule has 0 aliphatic heterocycles. The van der Waals surface area contributed by atoms with Crippen LogP contribution in [0.5, 0.6) is 5.75 Å². The number of carbonyl (C=O) groups is 1. The van der Waals surface area contributed by atoms with Gasteiger partial charge in [-0.25, -0.2) is 0 Å². The van der Waals surface area contributed by atoms with Gasteiger partial charge in [0.05, 0.1) is 7.11 Å². The minimum atomic E-state index is -0.598. The molecule has 2 unspecified atom stereocenters. The predicted octanol–water partition coefficient (Wildman–Crippen LogP) is 1.78. The van der Waals surface area contributed by atoms with Crippen LogP contribution in [-0.4, -0.2) is 24.2 Å². The van der Waals surface area contributed by atoms with Crippen molar-refractivity contribution < 1.29 is 14.6 Å². The Balaban J connectivity index is 2.71. The standard InChI is InChI=1S/C13H19NO3/c1-3-9(8-12(14)13(16)17-2)10-4-6-11(15)7-5-10/h4-7,9,12,15H,3,8,14H2,1-2H3. The first-order valence-electron chi connectivity index (χ1n) is 5.70. The third-order valence-electron chi connectivity index (χ3n) is 2.90. The van der Waals surface area contributed by atoms with Crippen LogP contribution in [-0.2, 0) is 9.53 Å². The number of hydrogen-bond acceptors (Lipinski definition) is 4. The summed E-state index contributed by atoms with van der Waals surface area (Å²) in [7, 11) is 1.34. The van der Waals surface area contributed by atoms with Gasteiger partial charge in [-0.15, -0.1) is 0 Å². The van der Waals surface area contributed by atoms with E-state index in [0.717, 1.165) is 12.0 Å².